The van der Waals surface area contributed by atoms with E-state index in [4.69, 9.17) is 0 Å². The van der Waals surface area contributed by atoms with Gasteiger partial charge in [0.2, 0.25) is 11.8 Å². The van der Waals surface area contributed by atoms with Crippen LogP contribution >= 0.6 is 0 Å². The average molecular weight is 356 g/mol. The van der Waals surface area contributed by atoms with Crippen LogP contribution in [-0.2, 0) is 16.0 Å². The first-order valence-electron chi connectivity index (χ1n) is 9.82. The molecule has 0 radical (unpaired) electrons. The number of nitrogens with zero attached hydrogens (tertiary/aromatic N) is 3. The molecule has 2 fully saturated rings. The van der Waals surface area contributed by atoms with Crippen molar-refractivity contribution in [1.82, 2.24) is 15.1 Å². The molecule has 3 heterocycles. The van der Waals surface area contributed by atoms with Crippen LogP contribution in [0.15, 0.2) is 24.3 Å². The third kappa shape index (κ3) is 3.62. The van der Waals surface area contributed by atoms with Crippen LogP contribution in [0.4, 0.5) is 5.69 Å². The molecular weight excluding hydrogens is 328 g/mol. The molecule has 0 aromatic heterocycles. The number of rotatable bonds is 3. The van der Waals surface area contributed by atoms with Crippen LogP contribution in [-0.4, -0.2) is 74.0 Å². The lowest BCUT2D eigenvalue weighted by atomic mass is 10.0. The monoisotopic (exact) mass is 356 g/mol. The van der Waals surface area contributed by atoms with E-state index in [0.29, 0.717) is 6.54 Å². The summed E-state index contributed by atoms with van der Waals surface area (Å²) in [5, 5.41) is 3.26. The van der Waals surface area contributed by atoms with Crippen molar-refractivity contribution in [2.75, 3.05) is 57.3 Å². The van der Waals surface area contributed by atoms with Gasteiger partial charge in [-0.2, -0.15) is 0 Å². The molecule has 6 heteroatoms. The second-order valence-corrected chi connectivity index (χ2v) is 7.57. The number of hydrogen-bond acceptors (Lipinski definition) is 4. The number of benzene rings is 1. The van der Waals surface area contributed by atoms with Gasteiger partial charge in [-0.1, -0.05) is 18.2 Å². The third-order valence-corrected chi connectivity index (χ3v) is 5.86. The minimum atomic E-state index is 0.146. The Hall–Kier alpha value is -1.92. The van der Waals surface area contributed by atoms with Crippen molar-refractivity contribution in [1.29, 1.82) is 0 Å². The van der Waals surface area contributed by atoms with Crippen LogP contribution in [0.2, 0.25) is 0 Å². The van der Waals surface area contributed by atoms with Crippen LogP contribution in [0.5, 0.6) is 0 Å². The lowest BCUT2D eigenvalue weighted by Gasteiger charge is -2.37. The zero-order valence-corrected chi connectivity index (χ0v) is 15.3. The van der Waals surface area contributed by atoms with E-state index in [1.165, 1.54) is 5.56 Å². The fraction of sp³-hybridized carbons (Fsp3) is 0.600. The second kappa shape index (κ2) is 7.76. The van der Waals surface area contributed by atoms with E-state index in [-0.39, 0.29) is 17.7 Å². The number of para-hydroxylation sites is 1. The first-order valence-corrected chi connectivity index (χ1v) is 9.82. The minimum Gasteiger partial charge on any atom is -0.340 e. The molecule has 0 saturated carbocycles. The van der Waals surface area contributed by atoms with Crippen LogP contribution in [0.25, 0.3) is 0 Å². The summed E-state index contributed by atoms with van der Waals surface area (Å²) >= 11 is 0. The maximum atomic E-state index is 12.8. The zero-order chi connectivity index (χ0) is 17.9. The van der Waals surface area contributed by atoms with Gasteiger partial charge in [-0.25, -0.2) is 0 Å². The SMILES string of the molecule is O=C(C1CCNC1)N1CCN(CC(=O)N2CCCc3ccccc32)CC1. The van der Waals surface area contributed by atoms with Crippen molar-refractivity contribution in [2.45, 2.75) is 19.3 Å². The number of fused-ring (bicyclic) bond motifs is 1. The molecule has 26 heavy (non-hydrogen) atoms. The highest BCUT2D eigenvalue weighted by Crippen LogP contribution is 2.26. The van der Waals surface area contributed by atoms with E-state index in [2.05, 4.69) is 22.3 Å². The molecule has 3 aliphatic rings. The zero-order valence-electron chi connectivity index (χ0n) is 15.3. The van der Waals surface area contributed by atoms with Crippen LogP contribution < -0.4 is 10.2 Å². The summed E-state index contributed by atoms with van der Waals surface area (Å²) in [6, 6.07) is 8.23. The van der Waals surface area contributed by atoms with Crippen molar-refractivity contribution in [3.63, 3.8) is 0 Å². The van der Waals surface area contributed by atoms with Gasteiger partial charge in [0.05, 0.1) is 12.5 Å². The Kier molecular flexibility index (Phi) is 5.22. The normalized spacial score (nSPS) is 23.8. The van der Waals surface area contributed by atoms with Gasteiger partial charge in [-0.05, 0) is 37.4 Å². The summed E-state index contributed by atoms with van der Waals surface area (Å²) in [5.74, 6) is 0.607. The van der Waals surface area contributed by atoms with Gasteiger partial charge in [-0.15, -0.1) is 0 Å². The molecule has 2 saturated heterocycles. The van der Waals surface area contributed by atoms with E-state index in [9.17, 15) is 9.59 Å². The van der Waals surface area contributed by atoms with Crippen molar-refractivity contribution < 1.29 is 9.59 Å². The second-order valence-electron chi connectivity index (χ2n) is 7.57. The Balaban J connectivity index is 1.31. The summed E-state index contributed by atoms with van der Waals surface area (Å²) < 4.78 is 0. The van der Waals surface area contributed by atoms with E-state index in [1.807, 2.05) is 21.9 Å². The summed E-state index contributed by atoms with van der Waals surface area (Å²) in [7, 11) is 0. The van der Waals surface area contributed by atoms with Crippen LogP contribution in [0.3, 0.4) is 0 Å². The molecule has 0 bridgehead atoms. The summed E-state index contributed by atoms with van der Waals surface area (Å²) in [6.45, 7) is 6.05. The standard InChI is InChI=1S/C20H28N4O2/c25-19(24-9-3-5-16-4-1-2-6-18(16)24)15-22-10-12-23(13-11-22)20(26)17-7-8-21-14-17/h1-2,4,6,17,21H,3,5,7-15H2. The fourth-order valence-electron chi connectivity index (χ4n) is 4.32. The highest BCUT2D eigenvalue weighted by molar-refractivity contribution is 5.96. The lowest BCUT2D eigenvalue weighted by molar-refractivity contribution is -0.136. The first-order chi connectivity index (χ1) is 12.7. The van der Waals surface area contributed by atoms with Gasteiger partial charge in [0.15, 0.2) is 0 Å². The van der Waals surface area contributed by atoms with Gasteiger partial charge >= 0.3 is 0 Å². The molecule has 1 aromatic rings. The molecule has 1 N–H and O–H groups in total. The number of nitrogens with one attached hydrogen (secondary N) is 1. The first kappa shape index (κ1) is 17.5. The summed E-state index contributed by atoms with van der Waals surface area (Å²) in [4.78, 5) is 31.5. The Morgan fingerprint density at radius 3 is 2.65 bits per heavy atom. The smallest absolute Gasteiger partial charge is 0.241 e. The predicted octanol–water partition coefficient (Wildman–Crippen LogP) is 0.720. The van der Waals surface area contributed by atoms with Gasteiger partial charge < -0.3 is 15.1 Å². The molecule has 2 amide bonds. The Labute approximate surface area is 155 Å². The Bertz CT molecular complexity index is 664. The Morgan fingerprint density at radius 2 is 1.88 bits per heavy atom. The van der Waals surface area contributed by atoms with Crippen molar-refractivity contribution in [3.05, 3.63) is 29.8 Å². The van der Waals surface area contributed by atoms with Crippen molar-refractivity contribution in [3.8, 4) is 0 Å². The molecule has 1 atom stereocenters. The molecular formula is C20H28N4O2. The molecule has 0 spiro atoms. The third-order valence-electron chi connectivity index (χ3n) is 5.86. The Morgan fingerprint density at radius 1 is 1.08 bits per heavy atom. The number of piperazine rings is 1. The predicted molar refractivity (Wildman–Crippen MR) is 101 cm³/mol. The van der Waals surface area contributed by atoms with Gasteiger partial charge in [0, 0.05) is 45.0 Å². The molecule has 1 unspecified atom stereocenters. The van der Waals surface area contributed by atoms with Crippen molar-refractivity contribution >= 4 is 17.5 Å². The van der Waals surface area contributed by atoms with Crippen LogP contribution in [0.1, 0.15) is 18.4 Å². The molecule has 140 valence electrons. The molecule has 0 aliphatic carbocycles. The van der Waals surface area contributed by atoms with E-state index >= 15 is 0 Å². The number of carbonyl (C=O) groups is 2. The number of hydrogen-bond donors (Lipinski definition) is 1. The maximum Gasteiger partial charge on any atom is 0.241 e. The average Bonchev–Trinajstić information content (AvgIpc) is 3.22. The van der Waals surface area contributed by atoms with E-state index in [0.717, 1.165) is 70.8 Å². The number of aryl methyl sites for hydroxylation is 1. The number of anilines is 1. The number of amides is 2. The van der Waals surface area contributed by atoms with Crippen LogP contribution in [0, 0.1) is 5.92 Å². The van der Waals surface area contributed by atoms with Gasteiger partial charge in [-0.3, -0.25) is 14.5 Å². The highest BCUT2D eigenvalue weighted by Gasteiger charge is 2.30. The molecule has 3 aliphatic heterocycles. The topological polar surface area (TPSA) is 55.9 Å². The summed E-state index contributed by atoms with van der Waals surface area (Å²) in [5.41, 5.74) is 2.35. The minimum absolute atomic E-state index is 0.146. The van der Waals surface area contributed by atoms with Gasteiger partial charge in [0.1, 0.15) is 0 Å². The highest BCUT2D eigenvalue weighted by atomic mass is 16.2. The van der Waals surface area contributed by atoms with Gasteiger partial charge in [0.25, 0.3) is 0 Å². The van der Waals surface area contributed by atoms with Crippen molar-refractivity contribution in [2.24, 2.45) is 5.92 Å². The van der Waals surface area contributed by atoms with E-state index < -0.39 is 0 Å². The quantitative estimate of drug-likeness (QED) is 0.867. The number of carbonyl (C=O) groups excluding carboxylic acids is 2. The largest absolute Gasteiger partial charge is 0.340 e. The molecule has 6 nitrogen and oxygen atoms in total. The molecule has 4 rings (SSSR count). The lowest BCUT2D eigenvalue weighted by Crippen LogP contribution is -2.53. The fourth-order valence-corrected chi connectivity index (χ4v) is 4.32. The molecule has 1 aromatic carbocycles. The summed E-state index contributed by atoms with van der Waals surface area (Å²) in [6.07, 6.45) is 3.03. The maximum absolute atomic E-state index is 12.8. The van der Waals surface area contributed by atoms with E-state index in [1.54, 1.807) is 0 Å².